The maximum Gasteiger partial charge on any atom is 0.239 e. The van der Waals surface area contributed by atoms with Crippen LogP contribution in [0.2, 0.25) is 0 Å². The lowest BCUT2D eigenvalue weighted by molar-refractivity contribution is -0.138. The van der Waals surface area contributed by atoms with Crippen molar-refractivity contribution in [1.82, 2.24) is 9.21 Å². The molecule has 3 aliphatic rings. The summed E-state index contributed by atoms with van der Waals surface area (Å²) in [6.07, 6.45) is 1.36. The molecule has 1 saturated carbocycles. The van der Waals surface area contributed by atoms with Crippen LogP contribution < -0.4 is 0 Å². The van der Waals surface area contributed by atoms with Crippen LogP contribution in [-0.4, -0.2) is 61.4 Å². The number of likely N-dealkylation sites (tertiary alicyclic amines) is 1. The number of hydrogen-bond donors (Lipinski definition) is 0. The second-order valence-corrected chi connectivity index (χ2v) is 8.91. The van der Waals surface area contributed by atoms with Crippen LogP contribution in [0.4, 0.5) is 8.78 Å². The number of halogens is 2. The summed E-state index contributed by atoms with van der Waals surface area (Å²) in [5, 5.41) is -0.551. The first-order chi connectivity index (χ1) is 10.4. The van der Waals surface area contributed by atoms with E-state index in [1.807, 2.05) is 0 Å². The van der Waals surface area contributed by atoms with Crippen LogP contribution in [0.3, 0.4) is 0 Å². The summed E-state index contributed by atoms with van der Waals surface area (Å²) in [5.41, 5.74) is 0. The van der Waals surface area contributed by atoms with Crippen LogP contribution in [0.5, 0.6) is 0 Å². The van der Waals surface area contributed by atoms with Crippen molar-refractivity contribution in [2.24, 2.45) is 11.8 Å². The molecule has 0 aromatic carbocycles. The molecule has 8 heteroatoms. The van der Waals surface area contributed by atoms with Crippen molar-refractivity contribution < 1.29 is 22.0 Å². The Labute approximate surface area is 129 Å². The summed E-state index contributed by atoms with van der Waals surface area (Å²) in [7, 11) is -3.43. The molecule has 0 atom stereocenters. The fraction of sp³-hybridized carbons (Fsp3) is 0.929. The van der Waals surface area contributed by atoms with Gasteiger partial charge in [0.05, 0.1) is 0 Å². The van der Waals surface area contributed by atoms with Crippen LogP contribution in [0, 0.1) is 11.8 Å². The zero-order valence-corrected chi connectivity index (χ0v) is 13.3. The third-order valence-electron chi connectivity index (χ3n) is 5.08. The van der Waals surface area contributed by atoms with Gasteiger partial charge in [0.25, 0.3) is 0 Å². The van der Waals surface area contributed by atoms with Crippen molar-refractivity contribution in [1.29, 1.82) is 0 Å². The van der Waals surface area contributed by atoms with Crippen molar-refractivity contribution in [3.63, 3.8) is 0 Å². The molecule has 3 fully saturated rings. The highest BCUT2D eigenvalue weighted by atomic mass is 32.2. The normalized spacial score (nSPS) is 25.5. The van der Waals surface area contributed by atoms with Gasteiger partial charge in [-0.2, -0.15) is 0 Å². The Bertz CT molecular complexity index is 522. The standard InChI is InChI=1S/C14H22F2N2O3S/c15-13(16)5-10-6-18(7-10)22(20,21)12-8-17(9-12)14(19)11-3-1-2-4-11/h10-13H,1-9H2. The van der Waals surface area contributed by atoms with Crippen molar-refractivity contribution in [3.8, 4) is 0 Å². The second kappa shape index (κ2) is 6.03. The number of alkyl halides is 2. The molecule has 126 valence electrons. The molecule has 0 radical (unpaired) electrons. The Kier molecular flexibility index (Phi) is 4.42. The first-order valence-corrected chi connectivity index (χ1v) is 9.44. The van der Waals surface area contributed by atoms with Gasteiger partial charge in [-0.05, 0) is 18.8 Å². The Balaban J connectivity index is 1.47. The molecule has 0 aromatic rings. The van der Waals surface area contributed by atoms with Gasteiger partial charge in [-0.1, -0.05) is 12.8 Å². The van der Waals surface area contributed by atoms with Crippen LogP contribution >= 0.6 is 0 Å². The average Bonchev–Trinajstić information content (AvgIpc) is 2.83. The van der Waals surface area contributed by atoms with Gasteiger partial charge in [-0.3, -0.25) is 4.79 Å². The highest BCUT2D eigenvalue weighted by Gasteiger charge is 2.47. The van der Waals surface area contributed by atoms with Crippen LogP contribution in [0.1, 0.15) is 32.1 Å². The third-order valence-corrected chi connectivity index (χ3v) is 7.24. The maximum atomic E-state index is 12.3. The number of carbonyl (C=O) groups excluding carboxylic acids is 1. The lowest BCUT2D eigenvalue weighted by Gasteiger charge is -2.46. The molecule has 1 amide bonds. The Morgan fingerprint density at radius 3 is 2.23 bits per heavy atom. The quantitative estimate of drug-likeness (QED) is 0.760. The van der Waals surface area contributed by atoms with Gasteiger partial charge in [0, 0.05) is 38.5 Å². The average molecular weight is 336 g/mol. The van der Waals surface area contributed by atoms with Crippen molar-refractivity contribution >= 4 is 15.9 Å². The summed E-state index contributed by atoms with van der Waals surface area (Å²) in [5.74, 6) is -0.0719. The van der Waals surface area contributed by atoms with E-state index in [9.17, 15) is 22.0 Å². The number of hydrogen-bond acceptors (Lipinski definition) is 3. The fourth-order valence-electron chi connectivity index (χ4n) is 3.58. The van der Waals surface area contributed by atoms with Crippen LogP contribution in [0.15, 0.2) is 0 Å². The van der Waals surface area contributed by atoms with Gasteiger partial charge in [0.15, 0.2) is 0 Å². The summed E-state index contributed by atoms with van der Waals surface area (Å²) < 4.78 is 50.4. The molecule has 3 rings (SSSR count). The van der Waals surface area contributed by atoms with E-state index in [-0.39, 0.29) is 50.3 Å². The molecule has 0 aromatic heterocycles. The topological polar surface area (TPSA) is 57.7 Å². The smallest absolute Gasteiger partial charge is 0.239 e. The van der Waals surface area contributed by atoms with E-state index in [1.165, 1.54) is 4.31 Å². The molecular weight excluding hydrogens is 314 g/mol. The van der Waals surface area contributed by atoms with E-state index in [0.29, 0.717) is 0 Å². The molecular formula is C14H22F2N2O3S. The predicted octanol–water partition coefficient (Wildman–Crippen LogP) is 1.30. The lowest BCUT2D eigenvalue weighted by atomic mass is 10.00. The molecule has 0 bridgehead atoms. The number of rotatable bonds is 5. The summed E-state index contributed by atoms with van der Waals surface area (Å²) in [6, 6.07) is 0. The Hall–Kier alpha value is -0.760. The molecule has 2 saturated heterocycles. The zero-order chi connectivity index (χ0) is 15.9. The van der Waals surface area contributed by atoms with Crippen molar-refractivity contribution in [2.45, 2.75) is 43.8 Å². The maximum absolute atomic E-state index is 12.3. The van der Waals surface area contributed by atoms with Gasteiger partial charge in [0.1, 0.15) is 5.25 Å². The highest BCUT2D eigenvalue weighted by Crippen LogP contribution is 2.32. The fourth-order valence-corrected chi connectivity index (χ4v) is 5.58. The number of nitrogens with zero attached hydrogens (tertiary/aromatic N) is 2. The molecule has 5 nitrogen and oxygen atoms in total. The van der Waals surface area contributed by atoms with Crippen LogP contribution in [-0.2, 0) is 14.8 Å². The van der Waals surface area contributed by atoms with Gasteiger partial charge in [-0.25, -0.2) is 21.5 Å². The lowest BCUT2D eigenvalue weighted by Crippen LogP contribution is -2.63. The SMILES string of the molecule is O=C(C1CCCC1)N1CC(S(=O)(=O)N2CC(CC(F)F)C2)C1. The minimum absolute atomic E-state index is 0.0723. The minimum Gasteiger partial charge on any atom is -0.340 e. The van der Waals surface area contributed by atoms with E-state index in [2.05, 4.69) is 0 Å². The first kappa shape index (κ1) is 16.1. The molecule has 22 heavy (non-hydrogen) atoms. The highest BCUT2D eigenvalue weighted by molar-refractivity contribution is 7.89. The Morgan fingerprint density at radius 1 is 1.09 bits per heavy atom. The number of carbonyl (C=O) groups is 1. The molecule has 2 heterocycles. The largest absolute Gasteiger partial charge is 0.340 e. The zero-order valence-electron chi connectivity index (χ0n) is 12.5. The summed E-state index contributed by atoms with van der Waals surface area (Å²) in [4.78, 5) is 13.8. The molecule has 2 aliphatic heterocycles. The van der Waals surface area contributed by atoms with Gasteiger partial charge in [-0.15, -0.1) is 0 Å². The second-order valence-electron chi connectivity index (χ2n) is 6.70. The Morgan fingerprint density at radius 2 is 1.68 bits per heavy atom. The molecule has 1 aliphatic carbocycles. The van der Waals surface area contributed by atoms with E-state index < -0.39 is 21.7 Å². The minimum atomic E-state index is -3.43. The number of amides is 1. The molecule has 0 unspecified atom stereocenters. The van der Waals surface area contributed by atoms with E-state index in [0.717, 1.165) is 25.7 Å². The van der Waals surface area contributed by atoms with Crippen molar-refractivity contribution in [3.05, 3.63) is 0 Å². The molecule has 0 spiro atoms. The van der Waals surface area contributed by atoms with Crippen LogP contribution in [0.25, 0.3) is 0 Å². The van der Waals surface area contributed by atoms with Gasteiger partial charge >= 0.3 is 0 Å². The monoisotopic (exact) mass is 336 g/mol. The van der Waals surface area contributed by atoms with E-state index >= 15 is 0 Å². The first-order valence-electron chi connectivity index (χ1n) is 7.94. The summed E-state index contributed by atoms with van der Waals surface area (Å²) in [6.45, 7) is 0.904. The predicted molar refractivity (Wildman–Crippen MR) is 76.9 cm³/mol. The number of sulfonamides is 1. The molecule has 0 N–H and O–H groups in total. The van der Waals surface area contributed by atoms with E-state index in [4.69, 9.17) is 0 Å². The van der Waals surface area contributed by atoms with Gasteiger partial charge in [0.2, 0.25) is 22.4 Å². The van der Waals surface area contributed by atoms with E-state index in [1.54, 1.807) is 4.90 Å². The summed E-state index contributed by atoms with van der Waals surface area (Å²) >= 11 is 0. The van der Waals surface area contributed by atoms with Crippen molar-refractivity contribution in [2.75, 3.05) is 26.2 Å². The third kappa shape index (κ3) is 2.99. The van der Waals surface area contributed by atoms with Gasteiger partial charge < -0.3 is 4.90 Å².